The molecule has 0 saturated carbocycles. The van der Waals surface area contributed by atoms with Crippen LogP contribution in [0, 0.1) is 0 Å². The minimum atomic E-state index is -0.785. The number of Topliss-reactive ketones (excluding diaryl/α,β-unsaturated/α-hetero) is 1. The van der Waals surface area contributed by atoms with E-state index in [0.29, 0.717) is 54.6 Å². The molecular formula is C27H33NO7. The molecule has 1 atom stereocenters. The van der Waals surface area contributed by atoms with Gasteiger partial charge in [-0.3, -0.25) is 9.59 Å². The average Bonchev–Trinajstić information content (AvgIpc) is 3.13. The standard InChI is InChI=1S/C27H33NO7/c1-5-6-16-35-20-11-8-18(9-12-20)25(29)23-24(19-10-13-21(33-3)22(17-19)34-4)28(14-7-15-32-2)27(31)26(23)30/h8-13,17,24,29H,5-7,14-16H2,1-4H3/b25-23+. The number of likely N-dealkylation sites (tertiary alicyclic amines) is 1. The summed E-state index contributed by atoms with van der Waals surface area (Å²) in [4.78, 5) is 27.6. The molecule has 0 aromatic heterocycles. The molecule has 1 saturated heterocycles. The predicted molar refractivity (Wildman–Crippen MR) is 132 cm³/mol. The van der Waals surface area contributed by atoms with Gasteiger partial charge in [0, 0.05) is 25.8 Å². The Morgan fingerprint density at radius 1 is 0.943 bits per heavy atom. The van der Waals surface area contributed by atoms with Crippen LogP contribution < -0.4 is 14.2 Å². The first kappa shape index (κ1) is 26.1. The number of methoxy groups -OCH3 is 3. The van der Waals surface area contributed by atoms with Crippen LogP contribution in [-0.4, -0.2) is 62.8 Å². The van der Waals surface area contributed by atoms with E-state index in [1.165, 1.54) is 19.1 Å². The highest BCUT2D eigenvalue weighted by Gasteiger charge is 2.46. The second-order valence-electron chi connectivity index (χ2n) is 8.18. The van der Waals surface area contributed by atoms with Gasteiger partial charge in [-0.25, -0.2) is 0 Å². The number of unbranched alkanes of at least 4 members (excludes halogenated alkanes) is 1. The van der Waals surface area contributed by atoms with E-state index in [2.05, 4.69) is 6.92 Å². The summed E-state index contributed by atoms with van der Waals surface area (Å²) < 4.78 is 21.6. The number of carbonyl (C=O) groups is 2. The summed E-state index contributed by atoms with van der Waals surface area (Å²) in [7, 11) is 4.63. The molecule has 1 aliphatic heterocycles. The first-order valence-corrected chi connectivity index (χ1v) is 11.7. The van der Waals surface area contributed by atoms with Crippen molar-refractivity contribution < 1.29 is 33.6 Å². The molecular weight excluding hydrogens is 450 g/mol. The number of aliphatic hydroxyl groups is 1. The zero-order chi connectivity index (χ0) is 25.4. The molecule has 0 radical (unpaired) electrons. The fourth-order valence-electron chi connectivity index (χ4n) is 4.06. The average molecular weight is 484 g/mol. The van der Waals surface area contributed by atoms with E-state index < -0.39 is 17.7 Å². The maximum absolute atomic E-state index is 13.1. The summed E-state index contributed by atoms with van der Waals surface area (Å²) in [6.07, 6.45) is 2.51. The number of amides is 1. The fourth-order valence-corrected chi connectivity index (χ4v) is 4.06. The Morgan fingerprint density at radius 3 is 2.29 bits per heavy atom. The Bertz CT molecular complexity index is 1060. The van der Waals surface area contributed by atoms with Gasteiger partial charge >= 0.3 is 0 Å². The lowest BCUT2D eigenvalue weighted by atomic mass is 9.95. The number of hydrogen-bond donors (Lipinski definition) is 1. The SMILES string of the molecule is CCCCOc1ccc(/C(O)=C2\C(=O)C(=O)N(CCCOC)C2c2ccc(OC)c(OC)c2)cc1. The second-order valence-corrected chi connectivity index (χ2v) is 8.18. The van der Waals surface area contributed by atoms with E-state index in [0.717, 1.165) is 12.8 Å². The lowest BCUT2D eigenvalue weighted by Gasteiger charge is -2.26. The van der Waals surface area contributed by atoms with Crippen molar-refractivity contribution in [2.75, 3.05) is 41.1 Å². The lowest BCUT2D eigenvalue weighted by molar-refractivity contribution is -0.140. The summed E-state index contributed by atoms with van der Waals surface area (Å²) in [5.74, 6) is 0.0150. The van der Waals surface area contributed by atoms with Crippen LogP contribution in [0.5, 0.6) is 17.2 Å². The van der Waals surface area contributed by atoms with Crippen LogP contribution in [0.4, 0.5) is 0 Å². The summed E-state index contributed by atoms with van der Waals surface area (Å²) in [5, 5.41) is 11.2. The van der Waals surface area contributed by atoms with Crippen molar-refractivity contribution in [3.8, 4) is 17.2 Å². The summed E-state index contributed by atoms with van der Waals surface area (Å²) in [6, 6.07) is 11.3. The van der Waals surface area contributed by atoms with Crippen LogP contribution in [0.1, 0.15) is 43.4 Å². The van der Waals surface area contributed by atoms with E-state index in [1.54, 1.807) is 49.6 Å². The summed E-state index contributed by atoms with van der Waals surface area (Å²) in [6.45, 7) is 3.41. The molecule has 1 N–H and O–H groups in total. The molecule has 0 spiro atoms. The van der Waals surface area contributed by atoms with Gasteiger partial charge in [-0.1, -0.05) is 19.4 Å². The van der Waals surface area contributed by atoms with E-state index in [9.17, 15) is 14.7 Å². The number of hydrogen-bond acceptors (Lipinski definition) is 7. The van der Waals surface area contributed by atoms with Gasteiger partial charge in [0.15, 0.2) is 11.5 Å². The smallest absolute Gasteiger partial charge is 0.295 e. The van der Waals surface area contributed by atoms with Crippen LogP contribution in [-0.2, 0) is 14.3 Å². The number of nitrogens with zero attached hydrogens (tertiary/aromatic N) is 1. The Labute approximate surface area is 206 Å². The summed E-state index contributed by atoms with van der Waals surface area (Å²) >= 11 is 0. The highest BCUT2D eigenvalue weighted by Crippen LogP contribution is 2.42. The Kier molecular flexibility index (Phi) is 9.14. The largest absolute Gasteiger partial charge is 0.507 e. The second kappa shape index (κ2) is 12.3. The lowest BCUT2D eigenvalue weighted by Crippen LogP contribution is -2.31. The van der Waals surface area contributed by atoms with Gasteiger partial charge < -0.3 is 29.0 Å². The molecule has 1 amide bonds. The zero-order valence-electron chi connectivity index (χ0n) is 20.7. The van der Waals surface area contributed by atoms with Gasteiger partial charge in [-0.05, 0) is 54.8 Å². The Hall–Kier alpha value is -3.52. The third-order valence-electron chi connectivity index (χ3n) is 5.91. The first-order chi connectivity index (χ1) is 17.0. The molecule has 0 bridgehead atoms. The molecule has 1 unspecified atom stereocenters. The van der Waals surface area contributed by atoms with E-state index in [1.807, 2.05) is 0 Å². The third kappa shape index (κ3) is 5.77. The Balaban J connectivity index is 2.05. The number of ketones is 1. The number of aliphatic hydroxyl groups excluding tert-OH is 1. The molecule has 1 aliphatic rings. The molecule has 3 rings (SSSR count). The minimum Gasteiger partial charge on any atom is -0.507 e. The van der Waals surface area contributed by atoms with Crippen LogP contribution in [0.25, 0.3) is 5.76 Å². The fraction of sp³-hybridized carbons (Fsp3) is 0.407. The van der Waals surface area contributed by atoms with Gasteiger partial charge in [-0.2, -0.15) is 0 Å². The van der Waals surface area contributed by atoms with Gasteiger partial charge in [0.25, 0.3) is 11.7 Å². The third-order valence-corrected chi connectivity index (χ3v) is 5.91. The molecule has 1 fully saturated rings. The van der Waals surface area contributed by atoms with Crippen LogP contribution >= 0.6 is 0 Å². The highest BCUT2D eigenvalue weighted by atomic mass is 16.5. The van der Waals surface area contributed by atoms with Crippen LogP contribution in [0.15, 0.2) is 48.0 Å². The van der Waals surface area contributed by atoms with Crippen LogP contribution in [0.3, 0.4) is 0 Å². The predicted octanol–water partition coefficient (Wildman–Crippen LogP) is 4.34. The normalized spacial score (nSPS) is 17.0. The van der Waals surface area contributed by atoms with Gasteiger partial charge in [0.1, 0.15) is 11.5 Å². The molecule has 1 heterocycles. The monoisotopic (exact) mass is 483 g/mol. The molecule has 2 aromatic rings. The zero-order valence-corrected chi connectivity index (χ0v) is 20.7. The summed E-state index contributed by atoms with van der Waals surface area (Å²) in [5.41, 5.74) is 1.08. The first-order valence-electron chi connectivity index (χ1n) is 11.7. The molecule has 188 valence electrons. The molecule has 0 aliphatic carbocycles. The Morgan fingerprint density at radius 2 is 1.66 bits per heavy atom. The quantitative estimate of drug-likeness (QED) is 0.208. The van der Waals surface area contributed by atoms with Crippen molar-refractivity contribution in [3.63, 3.8) is 0 Å². The van der Waals surface area contributed by atoms with Crippen LogP contribution in [0.2, 0.25) is 0 Å². The number of ether oxygens (including phenoxy) is 4. The molecule has 8 heteroatoms. The van der Waals surface area contributed by atoms with Crippen molar-refractivity contribution in [2.24, 2.45) is 0 Å². The van der Waals surface area contributed by atoms with Crippen molar-refractivity contribution >= 4 is 17.4 Å². The van der Waals surface area contributed by atoms with Crippen molar-refractivity contribution in [1.29, 1.82) is 0 Å². The van der Waals surface area contributed by atoms with E-state index in [-0.39, 0.29) is 11.3 Å². The van der Waals surface area contributed by atoms with Crippen molar-refractivity contribution in [2.45, 2.75) is 32.2 Å². The molecule has 35 heavy (non-hydrogen) atoms. The van der Waals surface area contributed by atoms with Gasteiger partial charge in [0.2, 0.25) is 0 Å². The minimum absolute atomic E-state index is 0.0271. The van der Waals surface area contributed by atoms with E-state index >= 15 is 0 Å². The highest BCUT2D eigenvalue weighted by molar-refractivity contribution is 6.46. The molecule has 2 aromatic carbocycles. The van der Waals surface area contributed by atoms with Crippen molar-refractivity contribution in [1.82, 2.24) is 4.90 Å². The topological polar surface area (TPSA) is 94.5 Å². The number of benzene rings is 2. The van der Waals surface area contributed by atoms with Gasteiger partial charge in [-0.15, -0.1) is 0 Å². The van der Waals surface area contributed by atoms with Crippen molar-refractivity contribution in [3.05, 3.63) is 59.2 Å². The number of rotatable bonds is 12. The maximum Gasteiger partial charge on any atom is 0.295 e. The maximum atomic E-state index is 13.1. The number of carbonyl (C=O) groups excluding carboxylic acids is 2. The van der Waals surface area contributed by atoms with Gasteiger partial charge in [0.05, 0.1) is 32.4 Å². The molecule has 8 nitrogen and oxygen atoms in total. The van der Waals surface area contributed by atoms with E-state index in [4.69, 9.17) is 18.9 Å².